The van der Waals surface area contributed by atoms with Crippen LogP contribution >= 0.6 is 11.8 Å². The molecule has 3 aliphatic rings. The van der Waals surface area contributed by atoms with Gasteiger partial charge >= 0.3 is 0 Å². The lowest BCUT2D eigenvalue weighted by Crippen LogP contribution is -2.42. The minimum absolute atomic E-state index is 0.0165. The fourth-order valence-electron chi connectivity index (χ4n) is 4.04. The largest absolute Gasteiger partial charge is 0.342 e. The normalized spacial score (nSPS) is 21.8. The van der Waals surface area contributed by atoms with Gasteiger partial charge in [0.25, 0.3) is 0 Å². The first-order chi connectivity index (χ1) is 12.7. The number of carbonyl (C=O) groups excluding carboxylic acids is 2. The third-order valence-corrected chi connectivity index (χ3v) is 7.26. The number of carbonyl (C=O) groups is 2. The highest BCUT2D eigenvalue weighted by molar-refractivity contribution is 8.00. The summed E-state index contributed by atoms with van der Waals surface area (Å²) < 4.78 is 0. The molecule has 0 aromatic heterocycles. The van der Waals surface area contributed by atoms with Crippen molar-refractivity contribution in [2.75, 3.05) is 18.4 Å². The van der Waals surface area contributed by atoms with E-state index in [4.69, 9.17) is 0 Å². The summed E-state index contributed by atoms with van der Waals surface area (Å²) in [7, 11) is 0. The molecule has 0 atom stereocenters. The molecule has 1 heterocycles. The first kappa shape index (κ1) is 17.9. The summed E-state index contributed by atoms with van der Waals surface area (Å²) in [4.78, 5) is 28.1. The highest BCUT2D eigenvalue weighted by Crippen LogP contribution is 2.38. The van der Waals surface area contributed by atoms with Crippen molar-refractivity contribution in [3.05, 3.63) is 24.3 Å². The number of nitrogens with one attached hydrogen (secondary N) is 1. The van der Waals surface area contributed by atoms with Gasteiger partial charge in [0, 0.05) is 35.1 Å². The lowest BCUT2D eigenvalue weighted by molar-refractivity contribution is -0.135. The maximum atomic E-state index is 12.8. The Kier molecular flexibility index (Phi) is 5.53. The predicted molar refractivity (Wildman–Crippen MR) is 105 cm³/mol. The van der Waals surface area contributed by atoms with E-state index in [0.717, 1.165) is 44.5 Å². The molecule has 140 valence electrons. The van der Waals surface area contributed by atoms with E-state index in [-0.39, 0.29) is 17.7 Å². The quantitative estimate of drug-likeness (QED) is 0.838. The second-order valence-corrected chi connectivity index (χ2v) is 9.23. The number of hydrogen-bond acceptors (Lipinski definition) is 3. The van der Waals surface area contributed by atoms with Crippen LogP contribution in [0.2, 0.25) is 0 Å². The van der Waals surface area contributed by atoms with Gasteiger partial charge in [-0.05, 0) is 50.7 Å². The summed E-state index contributed by atoms with van der Waals surface area (Å²) >= 11 is 1.91. The fraction of sp³-hybridized carbons (Fsp3) is 0.619. The van der Waals surface area contributed by atoms with Crippen molar-refractivity contribution in [2.45, 2.75) is 61.5 Å². The third kappa shape index (κ3) is 4.25. The van der Waals surface area contributed by atoms with E-state index in [0.29, 0.717) is 11.2 Å². The number of benzene rings is 1. The summed E-state index contributed by atoms with van der Waals surface area (Å²) in [6, 6.07) is 8.18. The van der Waals surface area contributed by atoms with Gasteiger partial charge in [-0.15, -0.1) is 11.8 Å². The molecule has 1 saturated heterocycles. The van der Waals surface area contributed by atoms with Crippen molar-refractivity contribution in [2.24, 2.45) is 11.8 Å². The molecule has 2 amide bonds. The van der Waals surface area contributed by atoms with Crippen LogP contribution in [0.1, 0.15) is 51.4 Å². The van der Waals surface area contributed by atoms with Crippen molar-refractivity contribution >= 4 is 29.3 Å². The standard InChI is InChI=1S/C21H28N2O2S/c24-20(15-11-13-23(14-12-15)21(25)16-9-10-16)22-18-7-3-4-8-19(18)26-17-5-1-2-6-17/h3-4,7-8,15-17H,1-2,5-6,9-14H2,(H,22,24). The highest BCUT2D eigenvalue weighted by atomic mass is 32.2. The molecule has 26 heavy (non-hydrogen) atoms. The van der Waals surface area contributed by atoms with Gasteiger partial charge in [0.2, 0.25) is 11.8 Å². The Balaban J connectivity index is 1.32. The van der Waals surface area contributed by atoms with E-state index < -0.39 is 0 Å². The van der Waals surface area contributed by atoms with E-state index >= 15 is 0 Å². The summed E-state index contributed by atoms with van der Waals surface area (Å²) in [5, 5.41) is 3.86. The molecule has 4 rings (SSSR count). The average Bonchev–Trinajstić information content (AvgIpc) is 3.40. The number of nitrogens with zero attached hydrogens (tertiary/aromatic N) is 1. The Morgan fingerprint density at radius 1 is 0.923 bits per heavy atom. The second kappa shape index (κ2) is 8.03. The summed E-state index contributed by atoms with van der Waals surface area (Å²) in [6.07, 6.45) is 8.86. The molecule has 1 N–H and O–H groups in total. The maximum absolute atomic E-state index is 12.8. The number of rotatable bonds is 5. The van der Waals surface area contributed by atoms with Crippen LogP contribution in [0.25, 0.3) is 0 Å². The number of thioether (sulfide) groups is 1. The SMILES string of the molecule is O=C(Nc1ccccc1SC1CCCC1)C1CCN(C(=O)C2CC2)CC1. The summed E-state index contributed by atoms with van der Waals surface area (Å²) in [5.74, 6) is 0.716. The van der Waals surface area contributed by atoms with Crippen LogP contribution in [0.5, 0.6) is 0 Å². The number of piperidine rings is 1. The van der Waals surface area contributed by atoms with E-state index in [1.165, 1.54) is 30.6 Å². The van der Waals surface area contributed by atoms with E-state index in [1.54, 1.807) is 0 Å². The van der Waals surface area contributed by atoms with Gasteiger partial charge in [-0.2, -0.15) is 0 Å². The second-order valence-electron chi connectivity index (χ2n) is 7.88. The number of hydrogen-bond donors (Lipinski definition) is 1. The van der Waals surface area contributed by atoms with Gasteiger partial charge < -0.3 is 10.2 Å². The molecule has 0 unspecified atom stereocenters. The van der Waals surface area contributed by atoms with Gasteiger partial charge in [0.1, 0.15) is 0 Å². The first-order valence-corrected chi connectivity index (χ1v) is 10.9. The van der Waals surface area contributed by atoms with Crippen LogP contribution in [0, 0.1) is 11.8 Å². The monoisotopic (exact) mass is 372 g/mol. The molecule has 0 bridgehead atoms. The van der Waals surface area contributed by atoms with Crippen LogP contribution < -0.4 is 5.32 Å². The maximum Gasteiger partial charge on any atom is 0.227 e. The fourth-order valence-corrected chi connectivity index (χ4v) is 5.38. The number of amides is 2. The minimum atomic E-state index is 0.0165. The zero-order valence-electron chi connectivity index (χ0n) is 15.3. The first-order valence-electron chi connectivity index (χ1n) is 10.1. The third-order valence-electron chi connectivity index (χ3n) is 5.84. The number of anilines is 1. The Hall–Kier alpha value is -1.49. The van der Waals surface area contributed by atoms with E-state index in [2.05, 4.69) is 17.4 Å². The van der Waals surface area contributed by atoms with Crippen LogP contribution in [-0.4, -0.2) is 35.1 Å². The van der Waals surface area contributed by atoms with Gasteiger partial charge in [0.05, 0.1) is 5.69 Å². The molecule has 2 aliphatic carbocycles. The van der Waals surface area contributed by atoms with Gasteiger partial charge in [-0.25, -0.2) is 0 Å². The average molecular weight is 373 g/mol. The van der Waals surface area contributed by atoms with Crippen molar-refractivity contribution in [3.8, 4) is 0 Å². The zero-order valence-corrected chi connectivity index (χ0v) is 16.1. The van der Waals surface area contributed by atoms with Gasteiger partial charge in [-0.1, -0.05) is 25.0 Å². The van der Waals surface area contributed by atoms with Gasteiger partial charge in [0.15, 0.2) is 0 Å². The van der Waals surface area contributed by atoms with Crippen LogP contribution in [0.4, 0.5) is 5.69 Å². The summed E-state index contributed by atoms with van der Waals surface area (Å²) in [5.41, 5.74) is 0.950. The van der Waals surface area contributed by atoms with E-state index in [1.807, 2.05) is 28.8 Å². The Morgan fingerprint density at radius 3 is 2.31 bits per heavy atom. The number of para-hydroxylation sites is 1. The number of likely N-dealkylation sites (tertiary alicyclic amines) is 1. The predicted octanol–water partition coefficient (Wildman–Crippen LogP) is 4.31. The molecule has 0 radical (unpaired) electrons. The molecule has 2 saturated carbocycles. The molecular weight excluding hydrogens is 344 g/mol. The van der Waals surface area contributed by atoms with Crippen LogP contribution in [0.15, 0.2) is 29.2 Å². The Bertz CT molecular complexity index is 660. The van der Waals surface area contributed by atoms with Crippen molar-refractivity contribution in [1.82, 2.24) is 4.90 Å². The molecule has 1 aromatic carbocycles. The van der Waals surface area contributed by atoms with Crippen molar-refractivity contribution in [1.29, 1.82) is 0 Å². The molecule has 1 aliphatic heterocycles. The Morgan fingerprint density at radius 2 is 1.62 bits per heavy atom. The van der Waals surface area contributed by atoms with Crippen molar-refractivity contribution < 1.29 is 9.59 Å². The molecular formula is C21H28N2O2S. The highest BCUT2D eigenvalue weighted by Gasteiger charge is 2.36. The van der Waals surface area contributed by atoms with Gasteiger partial charge in [-0.3, -0.25) is 9.59 Å². The lowest BCUT2D eigenvalue weighted by atomic mass is 9.95. The molecule has 5 heteroatoms. The molecule has 1 aromatic rings. The van der Waals surface area contributed by atoms with Crippen LogP contribution in [0.3, 0.4) is 0 Å². The minimum Gasteiger partial charge on any atom is -0.342 e. The van der Waals surface area contributed by atoms with Crippen LogP contribution in [-0.2, 0) is 9.59 Å². The molecule has 4 nitrogen and oxygen atoms in total. The summed E-state index contributed by atoms with van der Waals surface area (Å²) in [6.45, 7) is 1.46. The molecule has 3 fully saturated rings. The topological polar surface area (TPSA) is 49.4 Å². The smallest absolute Gasteiger partial charge is 0.227 e. The van der Waals surface area contributed by atoms with E-state index in [9.17, 15) is 9.59 Å². The lowest BCUT2D eigenvalue weighted by Gasteiger charge is -2.31. The zero-order chi connectivity index (χ0) is 17.9. The Labute approximate surface area is 160 Å². The van der Waals surface area contributed by atoms with Crippen molar-refractivity contribution in [3.63, 3.8) is 0 Å². The molecule has 0 spiro atoms.